The molecule has 1 aromatic rings. The van der Waals surface area contributed by atoms with Crippen LogP contribution >= 0.6 is 0 Å². The molecule has 23 heavy (non-hydrogen) atoms. The first kappa shape index (κ1) is 15.7. The summed E-state index contributed by atoms with van der Waals surface area (Å²) >= 11 is 0. The lowest BCUT2D eigenvalue weighted by molar-refractivity contribution is -0.122. The lowest BCUT2D eigenvalue weighted by atomic mass is 9.81. The highest BCUT2D eigenvalue weighted by Crippen LogP contribution is 2.40. The van der Waals surface area contributed by atoms with Crippen molar-refractivity contribution in [2.45, 2.75) is 45.6 Å². The van der Waals surface area contributed by atoms with Gasteiger partial charge >= 0.3 is 5.97 Å². The molecule has 1 aromatic carbocycles. The zero-order valence-corrected chi connectivity index (χ0v) is 13.5. The van der Waals surface area contributed by atoms with Crippen molar-refractivity contribution in [1.29, 1.82) is 0 Å². The quantitative estimate of drug-likeness (QED) is 0.635. The molecule has 5 heteroatoms. The Kier molecular flexibility index (Phi) is 4.20. The molecular weight excluding hydrogens is 294 g/mol. The lowest BCUT2D eigenvalue weighted by Crippen LogP contribution is -2.30. The topological polar surface area (TPSA) is 63.7 Å². The summed E-state index contributed by atoms with van der Waals surface area (Å²) in [6.07, 6.45) is 3.42. The van der Waals surface area contributed by atoms with Gasteiger partial charge in [0.2, 0.25) is 11.8 Å². The van der Waals surface area contributed by atoms with Crippen molar-refractivity contribution < 1.29 is 19.1 Å². The SMILES string of the molecule is CC(C)OC(=O)c1ccc(N2C(=O)[C@@H]3CCCC[C@H]3C2=O)cc1. The van der Waals surface area contributed by atoms with E-state index in [0.29, 0.717) is 11.3 Å². The van der Waals surface area contributed by atoms with Gasteiger partial charge in [-0.3, -0.25) is 14.5 Å². The molecule has 3 rings (SSSR count). The zero-order valence-electron chi connectivity index (χ0n) is 13.5. The third-order valence-electron chi connectivity index (χ3n) is 4.55. The Bertz CT molecular complexity index is 611. The number of carbonyl (C=O) groups excluding carboxylic acids is 3. The molecule has 2 amide bonds. The minimum atomic E-state index is -0.403. The summed E-state index contributed by atoms with van der Waals surface area (Å²) in [7, 11) is 0. The molecule has 2 fully saturated rings. The second-order valence-electron chi connectivity index (χ2n) is 6.51. The van der Waals surface area contributed by atoms with Crippen LogP contribution in [0.5, 0.6) is 0 Å². The third-order valence-corrected chi connectivity index (χ3v) is 4.55. The van der Waals surface area contributed by atoms with E-state index in [1.165, 1.54) is 4.90 Å². The molecule has 0 aromatic heterocycles. The third kappa shape index (κ3) is 2.87. The van der Waals surface area contributed by atoms with Gasteiger partial charge in [0.05, 0.1) is 29.2 Å². The number of amides is 2. The highest BCUT2D eigenvalue weighted by molar-refractivity contribution is 6.22. The minimum Gasteiger partial charge on any atom is -0.459 e. The van der Waals surface area contributed by atoms with Crippen molar-refractivity contribution in [2.75, 3.05) is 4.90 Å². The number of fused-ring (bicyclic) bond motifs is 1. The van der Waals surface area contributed by atoms with E-state index in [9.17, 15) is 14.4 Å². The van der Waals surface area contributed by atoms with Crippen molar-refractivity contribution in [3.63, 3.8) is 0 Å². The number of nitrogens with zero attached hydrogens (tertiary/aromatic N) is 1. The summed E-state index contributed by atoms with van der Waals surface area (Å²) in [6.45, 7) is 3.57. The number of benzene rings is 1. The van der Waals surface area contributed by atoms with Crippen LogP contribution in [-0.2, 0) is 14.3 Å². The molecule has 1 saturated carbocycles. The van der Waals surface area contributed by atoms with Gasteiger partial charge < -0.3 is 4.74 Å². The fourth-order valence-electron chi connectivity index (χ4n) is 3.45. The van der Waals surface area contributed by atoms with E-state index in [0.717, 1.165) is 25.7 Å². The summed E-state index contributed by atoms with van der Waals surface area (Å²) < 4.78 is 5.13. The van der Waals surface area contributed by atoms with E-state index in [1.54, 1.807) is 38.1 Å². The van der Waals surface area contributed by atoms with Gasteiger partial charge in [-0.15, -0.1) is 0 Å². The summed E-state index contributed by atoms with van der Waals surface area (Å²) in [4.78, 5) is 38.2. The van der Waals surface area contributed by atoms with Crippen LogP contribution in [0.2, 0.25) is 0 Å². The summed E-state index contributed by atoms with van der Waals surface area (Å²) in [6, 6.07) is 6.49. The Balaban J connectivity index is 1.80. The maximum Gasteiger partial charge on any atom is 0.338 e. The molecule has 0 N–H and O–H groups in total. The van der Waals surface area contributed by atoms with Crippen LogP contribution in [0.15, 0.2) is 24.3 Å². The van der Waals surface area contributed by atoms with Gasteiger partial charge in [0.25, 0.3) is 0 Å². The van der Waals surface area contributed by atoms with Crippen LogP contribution in [-0.4, -0.2) is 23.9 Å². The molecule has 0 radical (unpaired) electrons. The molecule has 1 aliphatic carbocycles. The molecule has 0 spiro atoms. The van der Waals surface area contributed by atoms with Gasteiger partial charge in [0.1, 0.15) is 0 Å². The average molecular weight is 315 g/mol. The first-order valence-corrected chi connectivity index (χ1v) is 8.18. The van der Waals surface area contributed by atoms with Crippen molar-refractivity contribution in [2.24, 2.45) is 11.8 Å². The maximum absolute atomic E-state index is 12.5. The van der Waals surface area contributed by atoms with Gasteiger partial charge in [0.15, 0.2) is 0 Å². The predicted molar refractivity (Wildman–Crippen MR) is 84.9 cm³/mol. The van der Waals surface area contributed by atoms with Crippen LogP contribution in [0.25, 0.3) is 0 Å². The monoisotopic (exact) mass is 315 g/mol. The number of hydrogen-bond acceptors (Lipinski definition) is 4. The van der Waals surface area contributed by atoms with Gasteiger partial charge in [-0.25, -0.2) is 4.79 Å². The predicted octanol–water partition coefficient (Wildman–Crippen LogP) is 2.93. The van der Waals surface area contributed by atoms with E-state index < -0.39 is 5.97 Å². The second-order valence-corrected chi connectivity index (χ2v) is 6.51. The molecule has 0 unspecified atom stereocenters. The van der Waals surface area contributed by atoms with Crippen LogP contribution in [0.3, 0.4) is 0 Å². The van der Waals surface area contributed by atoms with Crippen molar-refractivity contribution >= 4 is 23.5 Å². The Hall–Kier alpha value is -2.17. The number of imide groups is 1. The maximum atomic E-state index is 12.5. The largest absolute Gasteiger partial charge is 0.459 e. The summed E-state index contributed by atoms with van der Waals surface area (Å²) in [5.41, 5.74) is 0.953. The summed E-state index contributed by atoms with van der Waals surface area (Å²) in [5, 5.41) is 0. The molecule has 0 bridgehead atoms. The smallest absolute Gasteiger partial charge is 0.338 e. The van der Waals surface area contributed by atoms with Gasteiger partial charge in [-0.05, 0) is 51.0 Å². The Labute approximate surface area is 135 Å². The number of anilines is 1. The van der Waals surface area contributed by atoms with Crippen LogP contribution in [0.4, 0.5) is 5.69 Å². The second kappa shape index (κ2) is 6.14. The van der Waals surface area contributed by atoms with Gasteiger partial charge in [-0.1, -0.05) is 12.8 Å². The Morgan fingerprint density at radius 3 is 2.04 bits per heavy atom. The van der Waals surface area contributed by atoms with E-state index in [1.807, 2.05) is 0 Å². The number of carbonyl (C=O) groups is 3. The fraction of sp³-hybridized carbons (Fsp3) is 0.500. The molecule has 1 aliphatic heterocycles. The Morgan fingerprint density at radius 1 is 1.04 bits per heavy atom. The molecular formula is C18H21NO4. The molecule has 2 atom stereocenters. The highest BCUT2D eigenvalue weighted by Gasteiger charge is 2.48. The number of rotatable bonds is 3. The van der Waals surface area contributed by atoms with Crippen molar-refractivity contribution in [3.05, 3.63) is 29.8 Å². The minimum absolute atomic E-state index is 0.0998. The Morgan fingerprint density at radius 2 is 1.57 bits per heavy atom. The molecule has 5 nitrogen and oxygen atoms in total. The standard InChI is InChI=1S/C18H21NO4/c1-11(2)23-18(22)12-7-9-13(10-8-12)19-16(20)14-5-3-4-6-15(14)17(19)21/h7-11,14-15H,3-6H2,1-2H3/t14-,15-/m1/s1. The molecule has 122 valence electrons. The van der Waals surface area contributed by atoms with Crippen LogP contribution in [0.1, 0.15) is 49.9 Å². The summed E-state index contributed by atoms with van der Waals surface area (Å²) in [5.74, 6) is -0.933. The van der Waals surface area contributed by atoms with E-state index in [-0.39, 0.29) is 29.8 Å². The van der Waals surface area contributed by atoms with Crippen LogP contribution < -0.4 is 4.90 Å². The first-order valence-electron chi connectivity index (χ1n) is 8.18. The highest BCUT2D eigenvalue weighted by atomic mass is 16.5. The average Bonchev–Trinajstić information content (AvgIpc) is 2.79. The van der Waals surface area contributed by atoms with Crippen molar-refractivity contribution in [3.8, 4) is 0 Å². The normalized spacial score (nSPS) is 24.0. The van der Waals surface area contributed by atoms with Crippen LogP contribution in [0, 0.1) is 11.8 Å². The number of esters is 1. The molecule has 1 heterocycles. The number of ether oxygens (including phenoxy) is 1. The number of hydrogen-bond donors (Lipinski definition) is 0. The van der Waals surface area contributed by atoms with E-state index in [2.05, 4.69) is 0 Å². The molecule has 2 aliphatic rings. The fourth-order valence-corrected chi connectivity index (χ4v) is 3.45. The van der Waals surface area contributed by atoms with Gasteiger partial charge in [-0.2, -0.15) is 0 Å². The zero-order chi connectivity index (χ0) is 16.6. The first-order chi connectivity index (χ1) is 11.0. The van der Waals surface area contributed by atoms with E-state index in [4.69, 9.17) is 4.74 Å². The lowest BCUT2D eigenvalue weighted by Gasteiger charge is -2.19. The van der Waals surface area contributed by atoms with E-state index >= 15 is 0 Å². The van der Waals surface area contributed by atoms with Crippen molar-refractivity contribution in [1.82, 2.24) is 0 Å². The van der Waals surface area contributed by atoms with Gasteiger partial charge in [0, 0.05) is 0 Å². The molecule has 1 saturated heterocycles.